The average Bonchev–Trinajstić information content (AvgIpc) is 2.63. The molecule has 0 aromatic heterocycles. The van der Waals surface area contributed by atoms with E-state index in [0.717, 1.165) is 26.2 Å². The molecule has 0 aliphatic rings. The molecule has 0 amide bonds. The molecule has 134 valence electrons. The second-order valence-electron chi connectivity index (χ2n) is 5.18. The topological polar surface area (TPSA) is 65.0 Å². The Morgan fingerprint density at radius 2 is 1.64 bits per heavy atom. The molecule has 0 aliphatic carbocycles. The minimum absolute atomic E-state index is 0.0616. The Labute approximate surface area is 158 Å². The molecule has 0 fully saturated rings. The van der Waals surface area contributed by atoms with E-state index in [0.29, 0.717) is 6.61 Å². The van der Waals surface area contributed by atoms with Gasteiger partial charge in [0.15, 0.2) is 15.1 Å². The van der Waals surface area contributed by atoms with Crippen molar-refractivity contribution in [1.29, 1.82) is 0 Å². The van der Waals surface area contributed by atoms with Crippen molar-refractivity contribution in [1.82, 2.24) is 0 Å². The van der Waals surface area contributed by atoms with Crippen LogP contribution in [0.25, 0.3) is 0 Å². The van der Waals surface area contributed by atoms with Crippen molar-refractivity contribution >= 4 is 5.97 Å². The SMILES string of the molecule is CCOC(=O)Cc1ccc([I+]c2c(OC)cc(CO)cc2OC)cc1. The number of benzene rings is 2. The van der Waals surface area contributed by atoms with Crippen LogP contribution in [-0.4, -0.2) is 31.9 Å². The summed E-state index contributed by atoms with van der Waals surface area (Å²) in [5.74, 6) is 1.24. The van der Waals surface area contributed by atoms with Crippen LogP contribution in [0.3, 0.4) is 0 Å². The summed E-state index contributed by atoms with van der Waals surface area (Å²) in [6.07, 6.45) is 0.282. The van der Waals surface area contributed by atoms with Crippen LogP contribution in [-0.2, 0) is 22.6 Å². The monoisotopic (exact) mass is 457 g/mol. The van der Waals surface area contributed by atoms with E-state index in [9.17, 15) is 9.90 Å². The number of halogens is 1. The predicted octanol–water partition coefficient (Wildman–Crippen LogP) is -0.570. The Bertz CT molecular complexity index is 687. The molecule has 1 N–H and O–H groups in total. The number of carbonyl (C=O) groups is 1. The zero-order valence-corrected chi connectivity index (χ0v) is 16.7. The summed E-state index contributed by atoms with van der Waals surface area (Å²) in [5, 5.41) is 9.36. The van der Waals surface area contributed by atoms with Crippen LogP contribution in [0.4, 0.5) is 0 Å². The van der Waals surface area contributed by atoms with Gasteiger partial charge < -0.3 is 19.3 Å². The lowest BCUT2D eigenvalue weighted by molar-refractivity contribution is -0.598. The van der Waals surface area contributed by atoms with Gasteiger partial charge in [0.25, 0.3) is 3.57 Å². The van der Waals surface area contributed by atoms with Crippen molar-refractivity contribution in [2.45, 2.75) is 20.0 Å². The lowest BCUT2D eigenvalue weighted by Gasteiger charge is -2.07. The maximum atomic E-state index is 11.5. The molecular weight excluding hydrogens is 435 g/mol. The van der Waals surface area contributed by atoms with Crippen LogP contribution in [0.2, 0.25) is 0 Å². The fraction of sp³-hybridized carbons (Fsp3) is 0.316. The van der Waals surface area contributed by atoms with Crippen molar-refractivity contribution in [3.8, 4) is 11.5 Å². The van der Waals surface area contributed by atoms with Gasteiger partial charge in [-0.15, -0.1) is 0 Å². The minimum atomic E-state index is -0.534. The Hall–Kier alpha value is -1.80. The molecule has 0 aliphatic heterocycles. The maximum Gasteiger partial charge on any atom is 0.366 e. The fourth-order valence-corrected chi connectivity index (χ4v) is 4.89. The van der Waals surface area contributed by atoms with Gasteiger partial charge in [-0.3, -0.25) is 4.79 Å². The molecule has 2 rings (SSSR count). The smallest absolute Gasteiger partial charge is 0.366 e. The first-order valence-electron chi connectivity index (χ1n) is 7.86. The van der Waals surface area contributed by atoms with Crippen LogP contribution in [0.5, 0.6) is 11.5 Å². The predicted molar refractivity (Wildman–Crippen MR) is 89.6 cm³/mol. The fourth-order valence-electron chi connectivity index (χ4n) is 2.26. The molecule has 0 heterocycles. The summed E-state index contributed by atoms with van der Waals surface area (Å²) in [7, 11) is 3.23. The Kier molecular flexibility index (Phi) is 7.52. The molecule has 0 radical (unpaired) electrons. The van der Waals surface area contributed by atoms with Gasteiger partial charge >= 0.3 is 27.2 Å². The first-order valence-corrected chi connectivity index (χ1v) is 10.0. The Morgan fingerprint density at radius 1 is 1.04 bits per heavy atom. The summed E-state index contributed by atoms with van der Waals surface area (Å²) in [6, 6.07) is 11.6. The van der Waals surface area contributed by atoms with E-state index in [1.165, 1.54) is 3.57 Å². The first-order chi connectivity index (χ1) is 12.1. The molecule has 0 spiro atoms. The summed E-state index contributed by atoms with van der Waals surface area (Å²) in [5.41, 5.74) is 1.69. The van der Waals surface area contributed by atoms with Crippen LogP contribution in [0.1, 0.15) is 18.1 Å². The molecule has 5 nitrogen and oxygen atoms in total. The number of carbonyl (C=O) groups excluding carboxylic acids is 1. The van der Waals surface area contributed by atoms with Crippen molar-refractivity contribution in [2.24, 2.45) is 0 Å². The normalized spacial score (nSPS) is 10.4. The summed E-state index contributed by atoms with van der Waals surface area (Å²) in [6.45, 7) is 2.13. The van der Waals surface area contributed by atoms with Crippen LogP contribution in [0, 0.1) is 7.14 Å². The van der Waals surface area contributed by atoms with Gasteiger partial charge in [-0.25, -0.2) is 0 Å². The first kappa shape index (κ1) is 19.5. The van der Waals surface area contributed by atoms with E-state index < -0.39 is 21.2 Å². The highest BCUT2D eigenvalue weighted by atomic mass is 127. The third-order valence-electron chi connectivity index (χ3n) is 3.46. The molecule has 0 saturated heterocycles. The largest absolute Gasteiger partial charge is 0.492 e. The summed E-state index contributed by atoms with van der Waals surface area (Å²) in [4.78, 5) is 11.5. The second-order valence-corrected chi connectivity index (χ2v) is 8.04. The van der Waals surface area contributed by atoms with E-state index >= 15 is 0 Å². The quantitative estimate of drug-likeness (QED) is 0.425. The number of hydrogen-bond donors (Lipinski definition) is 1. The number of ether oxygens (including phenoxy) is 3. The standard InChI is InChI=1S/C19H22IO5/c1-4-25-18(22)11-13-5-7-15(8-6-13)20-19-16(23-2)9-14(12-21)10-17(19)24-3/h5-10,21H,4,11-12H2,1-3H3/q+1. The van der Waals surface area contributed by atoms with E-state index in [2.05, 4.69) is 0 Å². The third kappa shape index (κ3) is 5.34. The lowest BCUT2D eigenvalue weighted by Crippen LogP contribution is -3.61. The molecule has 2 aromatic rings. The summed E-state index contributed by atoms with van der Waals surface area (Å²) < 4.78 is 18.1. The lowest BCUT2D eigenvalue weighted by atomic mass is 10.2. The second kappa shape index (κ2) is 9.62. The van der Waals surface area contributed by atoms with Gasteiger partial charge in [0.1, 0.15) is 0 Å². The van der Waals surface area contributed by atoms with Crippen molar-refractivity contribution in [2.75, 3.05) is 20.8 Å². The number of aliphatic hydroxyl groups excluding tert-OH is 1. The minimum Gasteiger partial charge on any atom is -0.492 e. The number of aliphatic hydroxyl groups is 1. The number of methoxy groups -OCH3 is 2. The molecule has 0 unspecified atom stereocenters. The van der Waals surface area contributed by atoms with Crippen molar-refractivity contribution in [3.05, 3.63) is 54.7 Å². The highest BCUT2D eigenvalue weighted by Crippen LogP contribution is 2.23. The molecule has 0 atom stereocenters. The van der Waals surface area contributed by atoms with Crippen LogP contribution >= 0.6 is 0 Å². The molecule has 0 bridgehead atoms. The van der Waals surface area contributed by atoms with E-state index in [1.54, 1.807) is 21.1 Å². The third-order valence-corrected chi connectivity index (χ3v) is 6.40. The highest BCUT2D eigenvalue weighted by molar-refractivity contribution is 5.72. The number of rotatable bonds is 8. The van der Waals surface area contributed by atoms with E-state index in [4.69, 9.17) is 14.2 Å². The van der Waals surface area contributed by atoms with E-state index in [-0.39, 0.29) is 19.0 Å². The molecule has 2 aromatic carbocycles. The average molecular weight is 457 g/mol. The van der Waals surface area contributed by atoms with E-state index in [1.807, 2.05) is 36.4 Å². The zero-order valence-electron chi connectivity index (χ0n) is 14.5. The molecular formula is C19H22IO5+. The van der Waals surface area contributed by atoms with Crippen LogP contribution in [0.15, 0.2) is 36.4 Å². The van der Waals surface area contributed by atoms with Crippen LogP contribution < -0.4 is 30.7 Å². The van der Waals surface area contributed by atoms with Gasteiger partial charge in [-0.05, 0) is 42.3 Å². The molecule has 0 saturated carbocycles. The van der Waals surface area contributed by atoms with Crippen molar-refractivity contribution in [3.63, 3.8) is 0 Å². The van der Waals surface area contributed by atoms with Crippen molar-refractivity contribution < 1.29 is 45.3 Å². The van der Waals surface area contributed by atoms with Gasteiger partial charge in [0.05, 0.1) is 33.9 Å². The van der Waals surface area contributed by atoms with Gasteiger partial charge in [0, 0.05) is 0 Å². The van der Waals surface area contributed by atoms with Gasteiger partial charge in [-0.2, -0.15) is 0 Å². The van der Waals surface area contributed by atoms with Gasteiger partial charge in [-0.1, -0.05) is 12.1 Å². The highest BCUT2D eigenvalue weighted by Gasteiger charge is 2.27. The Balaban J connectivity index is 2.20. The number of esters is 1. The molecule has 6 heteroatoms. The molecule has 25 heavy (non-hydrogen) atoms. The maximum absolute atomic E-state index is 11.5. The van der Waals surface area contributed by atoms with Gasteiger partial charge in [0.2, 0.25) is 0 Å². The zero-order chi connectivity index (χ0) is 18.2. The Morgan fingerprint density at radius 3 is 2.12 bits per heavy atom. The number of hydrogen-bond acceptors (Lipinski definition) is 5. The summed E-state index contributed by atoms with van der Waals surface area (Å²) >= 11 is -0.534.